The Balaban J connectivity index is 2.64. The number of fused-ring (bicyclic) bond motifs is 1. The molecule has 2 rings (SSSR count). The zero-order valence-corrected chi connectivity index (χ0v) is 7.37. The standard InChI is InChI=1S/C9H7FN2O2/c1-14-9(13)6-2-5-4-11-12-8(5)3-7(6)10/h2-4H,1H3,(H,11,12). The third-order valence-corrected chi connectivity index (χ3v) is 1.93. The number of benzene rings is 1. The van der Waals surface area contributed by atoms with E-state index in [1.165, 1.54) is 25.4 Å². The lowest BCUT2D eigenvalue weighted by Gasteiger charge is -2.00. The second kappa shape index (κ2) is 3.10. The molecule has 1 N–H and O–H groups in total. The molecule has 0 aliphatic heterocycles. The van der Waals surface area contributed by atoms with Gasteiger partial charge in [-0.05, 0) is 6.07 Å². The average Bonchev–Trinajstić information content (AvgIpc) is 2.62. The van der Waals surface area contributed by atoms with E-state index in [-0.39, 0.29) is 5.56 Å². The largest absolute Gasteiger partial charge is 0.465 e. The summed E-state index contributed by atoms with van der Waals surface area (Å²) in [6.07, 6.45) is 1.52. The summed E-state index contributed by atoms with van der Waals surface area (Å²) < 4.78 is 17.7. The first-order valence-corrected chi connectivity index (χ1v) is 3.93. The number of aromatic nitrogens is 2. The van der Waals surface area contributed by atoms with Crippen molar-refractivity contribution >= 4 is 16.9 Å². The lowest BCUT2D eigenvalue weighted by molar-refractivity contribution is 0.0596. The van der Waals surface area contributed by atoms with Gasteiger partial charge in [-0.1, -0.05) is 0 Å². The van der Waals surface area contributed by atoms with Crippen molar-refractivity contribution in [1.82, 2.24) is 10.2 Å². The van der Waals surface area contributed by atoms with Crippen LogP contribution >= 0.6 is 0 Å². The molecule has 0 unspecified atom stereocenters. The van der Waals surface area contributed by atoms with Gasteiger partial charge in [-0.3, -0.25) is 5.10 Å². The third-order valence-electron chi connectivity index (χ3n) is 1.93. The molecule has 0 radical (unpaired) electrons. The van der Waals surface area contributed by atoms with E-state index in [1.54, 1.807) is 0 Å². The van der Waals surface area contributed by atoms with Crippen LogP contribution in [0.1, 0.15) is 10.4 Å². The summed E-state index contributed by atoms with van der Waals surface area (Å²) in [7, 11) is 1.21. The number of hydrogen-bond acceptors (Lipinski definition) is 3. The SMILES string of the molecule is COC(=O)c1cc2cn[nH]c2cc1F. The zero-order chi connectivity index (χ0) is 10.1. The molecule has 0 fully saturated rings. The van der Waals surface area contributed by atoms with Crippen LogP contribution < -0.4 is 0 Å². The number of methoxy groups -OCH3 is 1. The van der Waals surface area contributed by atoms with Crippen LogP contribution in [0.2, 0.25) is 0 Å². The summed E-state index contributed by atoms with van der Waals surface area (Å²) in [5, 5.41) is 7.00. The Labute approximate surface area is 78.7 Å². The van der Waals surface area contributed by atoms with Gasteiger partial charge in [0.1, 0.15) is 5.82 Å². The van der Waals surface area contributed by atoms with Crippen molar-refractivity contribution in [3.05, 3.63) is 29.7 Å². The Kier molecular flexibility index (Phi) is 1.92. The number of ether oxygens (including phenoxy) is 1. The van der Waals surface area contributed by atoms with Gasteiger partial charge in [0.25, 0.3) is 0 Å². The van der Waals surface area contributed by atoms with Gasteiger partial charge in [-0.2, -0.15) is 5.10 Å². The van der Waals surface area contributed by atoms with E-state index in [0.717, 1.165) is 0 Å². The van der Waals surface area contributed by atoms with E-state index in [2.05, 4.69) is 14.9 Å². The molecule has 5 heteroatoms. The van der Waals surface area contributed by atoms with Crippen molar-refractivity contribution in [2.45, 2.75) is 0 Å². The van der Waals surface area contributed by atoms with Crippen LogP contribution in [-0.2, 0) is 4.74 Å². The molecule has 14 heavy (non-hydrogen) atoms. The van der Waals surface area contributed by atoms with Gasteiger partial charge in [0.15, 0.2) is 0 Å². The number of carbonyl (C=O) groups excluding carboxylic acids is 1. The van der Waals surface area contributed by atoms with E-state index in [4.69, 9.17) is 0 Å². The molecule has 0 saturated heterocycles. The fraction of sp³-hybridized carbons (Fsp3) is 0.111. The Morgan fingerprint density at radius 3 is 3.07 bits per heavy atom. The summed E-state index contributed by atoms with van der Waals surface area (Å²) in [5.41, 5.74) is 0.469. The maximum Gasteiger partial charge on any atom is 0.340 e. The van der Waals surface area contributed by atoms with Crippen LogP contribution in [0.15, 0.2) is 18.3 Å². The van der Waals surface area contributed by atoms with Gasteiger partial charge < -0.3 is 4.74 Å². The van der Waals surface area contributed by atoms with E-state index in [0.29, 0.717) is 10.9 Å². The molecular formula is C9H7FN2O2. The predicted octanol–water partition coefficient (Wildman–Crippen LogP) is 1.49. The summed E-state index contributed by atoms with van der Waals surface area (Å²) in [6.45, 7) is 0. The fourth-order valence-corrected chi connectivity index (χ4v) is 1.23. The lowest BCUT2D eigenvalue weighted by atomic mass is 10.1. The molecule has 0 aliphatic rings. The third kappa shape index (κ3) is 1.22. The van der Waals surface area contributed by atoms with Gasteiger partial charge in [0, 0.05) is 11.5 Å². The van der Waals surface area contributed by atoms with Crippen molar-refractivity contribution in [1.29, 1.82) is 0 Å². The van der Waals surface area contributed by atoms with Crippen LogP contribution in [0.5, 0.6) is 0 Å². The molecule has 0 bridgehead atoms. The van der Waals surface area contributed by atoms with E-state index in [9.17, 15) is 9.18 Å². The highest BCUT2D eigenvalue weighted by Crippen LogP contribution is 2.17. The smallest absolute Gasteiger partial charge is 0.340 e. The van der Waals surface area contributed by atoms with Gasteiger partial charge in [-0.15, -0.1) is 0 Å². The predicted molar refractivity (Wildman–Crippen MR) is 47.4 cm³/mol. The number of rotatable bonds is 1. The number of halogens is 1. The van der Waals surface area contributed by atoms with Crippen molar-refractivity contribution in [3.8, 4) is 0 Å². The summed E-state index contributed by atoms with van der Waals surface area (Å²) in [6, 6.07) is 2.62. The maximum atomic E-state index is 13.3. The first-order chi connectivity index (χ1) is 6.72. The number of nitrogens with zero attached hydrogens (tertiary/aromatic N) is 1. The average molecular weight is 194 g/mol. The van der Waals surface area contributed by atoms with Crippen molar-refractivity contribution < 1.29 is 13.9 Å². The molecule has 1 aromatic heterocycles. The van der Waals surface area contributed by atoms with Crippen molar-refractivity contribution in [2.24, 2.45) is 0 Å². The van der Waals surface area contributed by atoms with Gasteiger partial charge in [0.05, 0.1) is 24.4 Å². The first-order valence-electron chi connectivity index (χ1n) is 3.93. The molecule has 1 heterocycles. The quantitative estimate of drug-likeness (QED) is 0.699. The van der Waals surface area contributed by atoms with Gasteiger partial charge in [0.2, 0.25) is 0 Å². The molecule has 2 aromatic rings. The number of esters is 1. The fourth-order valence-electron chi connectivity index (χ4n) is 1.23. The minimum Gasteiger partial charge on any atom is -0.465 e. The number of hydrogen-bond donors (Lipinski definition) is 1. The number of H-pyrrole nitrogens is 1. The lowest BCUT2D eigenvalue weighted by Crippen LogP contribution is -2.03. The summed E-state index contributed by atoms with van der Waals surface area (Å²) >= 11 is 0. The van der Waals surface area contributed by atoms with Crippen LogP contribution in [0.3, 0.4) is 0 Å². The first kappa shape index (κ1) is 8.68. The van der Waals surface area contributed by atoms with Crippen LogP contribution in [0.4, 0.5) is 4.39 Å². The van der Waals surface area contributed by atoms with Crippen LogP contribution in [0.25, 0.3) is 10.9 Å². The molecule has 0 amide bonds. The number of aromatic amines is 1. The minimum atomic E-state index is -0.689. The summed E-state index contributed by atoms with van der Waals surface area (Å²) in [4.78, 5) is 11.1. The summed E-state index contributed by atoms with van der Waals surface area (Å²) in [5.74, 6) is -1.31. The normalized spacial score (nSPS) is 10.4. The Bertz CT molecular complexity index is 493. The molecule has 1 aromatic carbocycles. The van der Waals surface area contributed by atoms with E-state index >= 15 is 0 Å². The Morgan fingerprint density at radius 1 is 1.57 bits per heavy atom. The molecule has 0 spiro atoms. The monoisotopic (exact) mass is 194 g/mol. The molecule has 0 atom stereocenters. The number of carbonyl (C=O) groups is 1. The molecule has 0 saturated carbocycles. The second-order valence-corrected chi connectivity index (χ2v) is 2.78. The van der Waals surface area contributed by atoms with Crippen LogP contribution in [0, 0.1) is 5.82 Å². The number of nitrogens with one attached hydrogen (secondary N) is 1. The van der Waals surface area contributed by atoms with Crippen LogP contribution in [-0.4, -0.2) is 23.3 Å². The molecule has 0 aliphatic carbocycles. The molecule has 72 valence electrons. The highest BCUT2D eigenvalue weighted by Gasteiger charge is 2.13. The zero-order valence-electron chi connectivity index (χ0n) is 7.37. The highest BCUT2D eigenvalue weighted by molar-refractivity contribution is 5.94. The van der Waals surface area contributed by atoms with Crippen molar-refractivity contribution in [3.63, 3.8) is 0 Å². The van der Waals surface area contributed by atoms with E-state index < -0.39 is 11.8 Å². The topological polar surface area (TPSA) is 55.0 Å². The second-order valence-electron chi connectivity index (χ2n) is 2.78. The van der Waals surface area contributed by atoms with Gasteiger partial charge >= 0.3 is 5.97 Å². The molecular weight excluding hydrogens is 187 g/mol. The Hall–Kier alpha value is -1.91. The van der Waals surface area contributed by atoms with Gasteiger partial charge in [-0.25, -0.2) is 9.18 Å². The highest BCUT2D eigenvalue weighted by atomic mass is 19.1. The van der Waals surface area contributed by atoms with Crippen molar-refractivity contribution in [2.75, 3.05) is 7.11 Å². The Morgan fingerprint density at radius 2 is 2.36 bits per heavy atom. The van der Waals surface area contributed by atoms with E-state index in [1.807, 2.05) is 0 Å². The molecule has 4 nitrogen and oxygen atoms in total. The maximum absolute atomic E-state index is 13.3. The minimum absolute atomic E-state index is 0.0820.